The van der Waals surface area contributed by atoms with Crippen LogP contribution in [0.15, 0.2) is 28.7 Å². The smallest absolute Gasteiger partial charge is 0.0955 e. The molecule has 0 amide bonds. The Labute approximate surface area is 103 Å². The van der Waals surface area contributed by atoms with Crippen LogP contribution >= 0.6 is 15.9 Å². The van der Waals surface area contributed by atoms with Crippen LogP contribution in [0.1, 0.15) is 11.3 Å². The maximum atomic E-state index is 5.61. The maximum Gasteiger partial charge on any atom is 0.0955 e. The fourth-order valence-corrected chi connectivity index (χ4v) is 2.01. The highest BCUT2D eigenvalue weighted by Crippen LogP contribution is 2.25. The third-order valence-electron chi connectivity index (χ3n) is 2.59. The van der Waals surface area contributed by atoms with Gasteiger partial charge in [-0.25, -0.2) is 0 Å². The van der Waals surface area contributed by atoms with Gasteiger partial charge in [0.2, 0.25) is 0 Å². The summed E-state index contributed by atoms with van der Waals surface area (Å²) < 4.78 is 1.07. The standard InChI is InChI=1S/C12H14BrN3/c1-8-11(6-7-14)12(16-15-8)9-2-4-10(13)5-3-9/h2-5H,6-7,14H2,1H3,(H,15,16). The molecule has 0 radical (unpaired) electrons. The zero-order valence-electron chi connectivity index (χ0n) is 9.13. The SMILES string of the molecule is Cc1[nH]nc(-c2ccc(Br)cc2)c1CCN. The Morgan fingerprint density at radius 1 is 1.31 bits per heavy atom. The lowest BCUT2D eigenvalue weighted by Gasteiger charge is -2.02. The van der Waals surface area contributed by atoms with Crippen molar-refractivity contribution in [3.8, 4) is 11.3 Å². The van der Waals surface area contributed by atoms with E-state index in [0.29, 0.717) is 6.54 Å². The summed E-state index contributed by atoms with van der Waals surface area (Å²) in [6.45, 7) is 2.67. The van der Waals surface area contributed by atoms with Gasteiger partial charge in [-0.1, -0.05) is 28.1 Å². The first-order valence-electron chi connectivity index (χ1n) is 5.22. The Hall–Kier alpha value is -1.13. The van der Waals surface area contributed by atoms with Gasteiger partial charge in [0, 0.05) is 21.3 Å². The van der Waals surface area contributed by atoms with E-state index >= 15 is 0 Å². The molecule has 1 aromatic heterocycles. The van der Waals surface area contributed by atoms with Crippen molar-refractivity contribution in [3.05, 3.63) is 40.0 Å². The minimum atomic E-state index is 0.643. The number of aryl methyl sites for hydroxylation is 1. The molecule has 0 fully saturated rings. The molecule has 0 saturated heterocycles. The second-order valence-electron chi connectivity index (χ2n) is 3.72. The molecule has 2 aromatic rings. The van der Waals surface area contributed by atoms with Crippen molar-refractivity contribution in [3.63, 3.8) is 0 Å². The van der Waals surface area contributed by atoms with Crippen molar-refractivity contribution in [2.45, 2.75) is 13.3 Å². The number of hydrogen-bond donors (Lipinski definition) is 2. The molecule has 0 aliphatic carbocycles. The van der Waals surface area contributed by atoms with E-state index in [-0.39, 0.29) is 0 Å². The minimum absolute atomic E-state index is 0.643. The second kappa shape index (κ2) is 4.80. The molecule has 84 valence electrons. The van der Waals surface area contributed by atoms with Gasteiger partial charge in [-0.05, 0) is 32.0 Å². The molecule has 16 heavy (non-hydrogen) atoms. The molecule has 0 unspecified atom stereocenters. The van der Waals surface area contributed by atoms with Crippen LogP contribution in [0.25, 0.3) is 11.3 Å². The van der Waals surface area contributed by atoms with Crippen molar-refractivity contribution < 1.29 is 0 Å². The predicted molar refractivity (Wildman–Crippen MR) is 69.2 cm³/mol. The van der Waals surface area contributed by atoms with E-state index in [1.54, 1.807) is 0 Å². The molecule has 3 nitrogen and oxygen atoms in total. The highest BCUT2D eigenvalue weighted by Gasteiger charge is 2.10. The lowest BCUT2D eigenvalue weighted by atomic mass is 10.0. The van der Waals surface area contributed by atoms with Crippen molar-refractivity contribution in [1.29, 1.82) is 0 Å². The molecule has 0 bridgehead atoms. The number of H-pyrrole nitrogens is 1. The van der Waals surface area contributed by atoms with Crippen LogP contribution in [-0.4, -0.2) is 16.7 Å². The van der Waals surface area contributed by atoms with Gasteiger partial charge in [0.1, 0.15) is 0 Å². The average molecular weight is 280 g/mol. The van der Waals surface area contributed by atoms with Gasteiger partial charge in [0.05, 0.1) is 5.69 Å². The summed E-state index contributed by atoms with van der Waals surface area (Å²) in [6.07, 6.45) is 0.855. The molecule has 0 atom stereocenters. The van der Waals surface area contributed by atoms with Gasteiger partial charge in [-0.15, -0.1) is 0 Å². The van der Waals surface area contributed by atoms with Crippen molar-refractivity contribution in [2.24, 2.45) is 5.73 Å². The molecule has 4 heteroatoms. The number of nitrogens with one attached hydrogen (secondary N) is 1. The summed E-state index contributed by atoms with van der Waals surface area (Å²) in [4.78, 5) is 0. The summed E-state index contributed by atoms with van der Waals surface area (Å²) in [5.41, 5.74) is 10.1. The molecular weight excluding hydrogens is 266 g/mol. The normalized spacial score (nSPS) is 10.7. The molecule has 1 aromatic carbocycles. The molecule has 3 N–H and O–H groups in total. The van der Waals surface area contributed by atoms with E-state index < -0.39 is 0 Å². The van der Waals surface area contributed by atoms with E-state index in [0.717, 1.165) is 27.8 Å². The van der Waals surface area contributed by atoms with Crippen LogP contribution in [-0.2, 0) is 6.42 Å². The fraction of sp³-hybridized carbons (Fsp3) is 0.250. The first-order chi connectivity index (χ1) is 7.72. The third-order valence-corrected chi connectivity index (χ3v) is 3.11. The Kier molecular flexibility index (Phi) is 3.41. The first-order valence-corrected chi connectivity index (χ1v) is 6.01. The van der Waals surface area contributed by atoms with E-state index in [1.807, 2.05) is 19.1 Å². The van der Waals surface area contributed by atoms with Gasteiger partial charge in [-0.2, -0.15) is 5.10 Å². The van der Waals surface area contributed by atoms with Gasteiger partial charge >= 0.3 is 0 Å². The van der Waals surface area contributed by atoms with Crippen LogP contribution in [0, 0.1) is 6.92 Å². The van der Waals surface area contributed by atoms with Crippen molar-refractivity contribution >= 4 is 15.9 Å². The number of benzene rings is 1. The van der Waals surface area contributed by atoms with E-state index in [1.165, 1.54) is 5.56 Å². The Bertz CT molecular complexity index is 474. The van der Waals surface area contributed by atoms with E-state index in [4.69, 9.17) is 5.73 Å². The number of aromatic amines is 1. The predicted octanol–water partition coefficient (Wildman–Crippen LogP) is 2.65. The van der Waals surface area contributed by atoms with Crippen LogP contribution in [0.2, 0.25) is 0 Å². The third kappa shape index (κ3) is 2.18. The largest absolute Gasteiger partial charge is 0.330 e. The Balaban J connectivity index is 2.43. The molecule has 0 aliphatic heterocycles. The minimum Gasteiger partial charge on any atom is -0.330 e. The summed E-state index contributed by atoms with van der Waals surface area (Å²) in [5.74, 6) is 0. The molecular formula is C12H14BrN3. The molecule has 1 heterocycles. The molecule has 0 saturated carbocycles. The highest BCUT2D eigenvalue weighted by atomic mass is 79.9. The number of aromatic nitrogens is 2. The summed E-state index contributed by atoms with van der Waals surface area (Å²) >= 11 is 3.42. The zero-order valence-corrected chi connectivity index (χ0v) is 10.7. The molecule has 2 rings (SSSR count). The van der Waals surface area contributed by atoms with Crippen LogP contribution in [0.5, 0.6) is 0 Å². The van der Waals surface area contributed by atoms with E-state index in [2.05, 4.69) is 38.3 Å². The van der Waals surface area contributed by atoms with Crippen molar-refractivity contribution in [1.82, 2.24) is 10.2 Å². The monoisotopic (exact) mass is 279 g/mol. The van der Waals surface area contributed by atoms with Gasteiger partial charge in [0.25, 0.3) is 0 Å². The van der Waals surface area contributed by atoms with Gasteiger partial charge < -0.3 is 5.73 Å². The lowest BCUT2D eigenvalue weighted by Crippen LogP contribution is -2.04. The summed E-state index contributed by atoms with van der Waals surface area (Å²) in [6, 6.07) is 8.15. The number of nitrogens with two attached hydrogens (primary N) is 1. The Morgan fingerprint density at radius 3 is 2.62 bits per heavy atom. The first kappa shape index (κ1) is 11.4. The number of rotatable bonds is 3. The van der Waals surface area contributed by atoms with Crippen LogP contribution in [0.3, 0.4) is 0 Å². The Morgan fingerprint density at radius 2 is 2.00 bits per heavy atom. The molecule has 0 spiro atoms. The lowest BCUT2D eigenvalue weighted by molar-refractivity contribution is 0.957. The second-order valence-corrected chi connectivity index (χ2v) is 4.64. The maximum absolute atomic E-state index is 5.61. The quantitative estimate of drug-likeness (QED) is 0.908. The number of nitrogens with zero attached hydrogens (tertiary/aromatic N) is 1. The topological polar surface area (TPSA) is 54.7 Å². The van der Waals surface area contributed by atoms with Crippen LogP contribution in [0.4, 0.5) is 0 Å². The van der Waals surface area contributed by atoms with E-state index in [9.17, 15) is 0 Å². The zero-order chi connectivity index (χ0) is 11.5. The number of hydrogen-bond acceptors (Lipinski definition) is 2. The van der Waals surface area contributed by atoms with Gasteiger partial charge in [-0.3, -0.25) is 5.10 Å². The van der Waals surface area contributed by atoms with Crippen LogP contribution < -0.4 is 5.73 Å². The average Bonchev–Trinajstić information content (AvgIpc) is 2.63. The summed E-state index contributed by atoms with van der Waals surface area (Å²) in [5, 5.41) is 7.36. The fourth-order valence-electron chi connectivity index (χ4n) is 1.75. The van der Waals surface area contributed by atoms with Crippen molar-refractivity contribution in [2.75, 3.05) is 6.54 Å². The molecule has 0 aliphatic rings. The van der Waals surface area contributed by atoms with Gasteiger partial charge in [0.15, 0.2) is 0 Å². The summed E-state index contributed by atoms with van der Waals surface area (Å²) in [7, 11) is 0. The highest BCUT2D eigenvalue weighted by molar-refractivity contribution is 9.10. The number of halogens is 1.